The Kier molecular flexibility index (Phi) is 10.4. The van der Waals surface area contributed by atoms with E-state index >= 15 is 0 Å². The van der Waals surface area contributed by atoms with E-state index in [4.69, 9.17) is 5.73 Å². The summed E-state index contributed by atoms with van der Waals surface area (Å²) in [6.45, 7) is -0.0225. The molecule has 0 aliphatic heterocycles. The van der Waals surface area contributed by atoms with Crippen molar-refractivity contribution >= 4 is 47.0 Å². The molecule has 0 unspecified atom stereocenters. The predicted octanol–water partition coefficient (Wildman–Crippen LogP) is 1.57. The van der Waals surface area contributed by atoms with Gasteiger partial charge < -0.3 is 11.1 Å². The number of carbonyl (C=O) groups excluding carboxylic acids is 2. The third-order valence-corrected chi connectivity index (χ3v) is 4.56. The van der Waals surface area contributed by atoms with Crippen LogP contribution >= 0.6 is 12.4 Å². The first-order valence-electron chi connectivity index (χ1n) is 9.62. The van der Waals surface area contributed by atoms with E-state index in [0.717, 1.165) is 24.3 Å². The van der Waals surface area contributed by atoms with Gasteiger partial charge in [0.1, 0.15) is 11.1 Å². The summed E-state index contributed by atoms with van der Waals surface area (Å²) in [5.41, 5.74) is 0.711. The molecular weight excluding hydrogens is 510 g/mol. The molecule has 0 bridgehead atoms. The third-order valence-electron chi connectivity index (χ3n) is 4.56. The maximum atomic E-state index is 13.2. The van der Waals surface area contributed by atoms with Crippen LogP contribution in [0.3, 0.4) is 0 Å². The van der Waals surface area contributed by atoms with Crippen LogP contribution in [0.5, 0.6) is 0 Å². The molecule has 192 valence electrons. The number of nitro groups is 4. The Bertz CT molecular complexity index is 1140. The number of nitrogens with one attached hydrogen (secondary N) is 1. The zero-order valence-electron chi connectivity index (χ0n) is 18.1. The second kappa shape index (κ2) is 12.7. The Labute approximate surface area is 206 Å². The molecule has 2 aromatic carbocycles. The van der Waals surface area contributed by atoms with E-state index in [0.29, 0.717) is 17.0 Å². The molecule has 0 saturated heterocycles. The van der Waals surface area contributed by atoms with Crippen molar-refractivity contribution in [3.8, 4) is 0 Å². The highest BCUT2D eigenvalue weighted by molar-refractivity contribution is 6.13. The van der Waals surface area contributed by atoms with Crippen molar-refractivity contribution in [1.82, 2.24) is 10.2 Å². The maximum absolute atomic E-state index is 13.2. The van der Waals surface area contributed by atoms with Gasteiger partial charge in [0.15, 0.2) is 0 Å². The van der Waals surface area contributed by atoms with Gasteiger partial charge in [-0.05, 0) is 12.1 Å². The Balaban J connectivity index is 0.00000648. The number of nitrogens with two attached hydrogens (primary N) is 1. The first-order chi connectivity index (χ1) is 16.5. The molecule has 0 spiro atoms. The number of halogens is 1. The zero-order chi connectivity index (χ0) is 26.3. The molecule has 18 heteroatoms. The van der Waals surface area contributed by atoms with Crippen LogP contribution in [0.4, 0.5) is 22.7 Å². The van der Waals surface area contributed by atoms with Crippen LogP contribution in [-0.4, -0.2) is 62.6 Å². The smallest absolute Gasteiger partial charge is 0.289 e. The van der Waals surface area contributed by atoms with Gasteiger partial charge in [-0.1, -0.05) is 0 Å². The number of nitrogens with zero attached hydrogens (tertiary/aromatic N) is 5. The average Bonchev–Trinajstić information content (AvgIpc) is 2.82. The minimum atomic E-state index is -1.27. The van der Waals surface area contributed by atoms with E-state index < -0.39 is 71.9 Å². The maximum Gasteiger partial charge on any atom is 0.289 e. The Morgan fingerprint density at radius 2 is 1.17 bits per heavy atom. The molecule has 36 heavy (non-hydrogen) atoms. The first kappa shape index (κ1) is 29.4. The van der Waals surface area contributed by atoms with Crippen LogP contribution in [0, 0.1) is 40.5 Å². The highest BCUT2D eigenvalue weighted by Crippen LogP contribution is 2.29. The molecule has 3 N–H and O–H groups in total. The van der Waals surface area contributed by atoms with E-state index in [1.807, 2.05) is 0 Å². The number of benzene rings is 2. The fourth-order valence-corrected chi connectivity index (χ4v) is 2.94. The molecule has 0 atom stereocenters. The largest absolute Gasteiger partial charge is 0.329 e. The van der Waals surface area contributed by atoms with Crippen LogP contribution in [0.1, 0.15) is 20.7 Å². The summed E-state index contributed by atoms with van der Waals surface area (Å²) in [6, 6.07) is 4.30. The highest BCUT2D eigenvalue weighted by atomic mass is 35.5. The molecular formula is C18H18ClN7O10. The summed E-state index contributed by atoms with van der Waals surface area (Å²) in [4.78, 5) is 67.7. The number of rotatable bonds is 11. The molecule has 17 nitrogen and oxygen atoms in total. The number of imide groups is 1. The van der Waals surface area contributed by atoms with Crippen LogP contribution in [0.15, 0.2) is 36.4 Å². The second-order valence-electron chi connectivity index (χ2n) is 6.73. The van der Waals surface area contributed by atoms with E-state index in [1.54, 1.807) is 0 Å². The summed E-state index contributed by atoms with van der Waals surface area (Å²) in [5, 5.41) is 47.6. The number of amides is 2. The zero-order valence-corrected chi connectivity index (χ0v) is 18.9. The van der Waals surface area contributed by atoms with Gasteiger partial charge in [-0.25, -0.2) is 0 Å². The van der Waals surface area contributed by atoms with E-state index in [-0.39, 0.29) is 32.0 Å². The van der Waals surface area contributed by atoms with Crippen molar-refractivity contribution in [3.63, 3.8) is 0 Å². The lowest BCUT2D eigenvalue weighted by atomic mass is 10.1. The van der Waals surface area contributed by atoms with Crippen molar-refractivity contribution in [3.05, 3.63) is 88.0 Å². The predicted molar refractivity (Wildman–Crippen MR) is 124 cm³/mol. The molecule has 2 aromatic rings. The van der Waals surface area contributed by atoms with Gasteiger partial charge in [0, 0.05) is 38.3 Å². The normalized spacial score (nSPS) is 10.1. The van der Waals surface area contributed by atoms with Crippen LogP contribution in [-0.2, 0) is 0 Å². The molecule has 2 rings (SSSR count). The van der Waals surface area contributed by atoms with E-state index in [9.17, 15) is 50.0 Å². The molecule has 2 amide bonds. The summed E-state index contributed by atoms with van der Waals surface area (Å²) < 4.78 is 0. The van der Waals surface area contributed by atoms with Gasteiger partial charge in [0.2, 0.25) is 0 Å². The van der Waals surface area contributed by atoms with Gasteiger partial charge in [-0.3, -0.25) is 54.9 Å². The summed E-state index contributed by atoms with van der Waals surface area (Å²) in [7, 11) is 0. The Hall–Kier alpha value is -4.61. The lowest BCUT2D eigenvalue weighted by Gasteiger charge is -2.21. The van der Waals surface area contributed by atoms with Crippen molar-refractivity contribution in [2.75, 3.05) is 26.2 Å². The molecule has 0 radical (unpaired) electrons. The minimum absolute atomic E-state index is 0. The SMILES string of the molecule is Cl.NCCNCCN(C(=O)c1ccc([N+](=O)[O-])cc1[N+](=O)[O-])C(=O)c1ccc([N+](=O)[O-])cc1[N+](=O)[O-]. The lowest BCUT2D eigenvalue weighted by molar-refractivity contribution is -0.394. The molecule has 0 aliphatic carbocycles. The first-order valence-corrected chi connectivity index (χ1v) is 9.62. The molecule has 0 saturated carbocycles. The van der Waals surface area contributed by atoms with E-state index in [1.165, 1.54) is 0 Å². The fraction of sp³-hybridized carbons (Fsp3) is 0.222. The van der Waals surface area contributed by atoms with Crippen molar-refractivity contribution in [2.24, 2.45) is 5.73 Å². The van der Waals surface area contributed by atoms with Crippen molar-refractivity contribution < 1.29 is 29.3 Å². The number of hydrogen-bond donors (Lipinski definition) is 2. The van der Waals surface area contributed by atoms with E-state index in [2.05, 4.69) is 5.32 Å². The van der Waals surface area contributed by atoms with Gasteiger partial charge in [-0.2, -0.15) is 0 Å². The van der Waals surface area contributed by atoms with Crippen LogP contribution in [0.2, 0.25) is 0 Å². The standard InChI is InChI=1S/C18H17N7O10.ClH/c19-5-6-20-7-8-21(17(26)13-3-1-11(22(28)29)9-15(13)24(32)33)18(27)14-4-2-12(23(30)31)10-16(14)25(34)35;/h1-4,9-10,20H,5-8,19H2;1H. The van der Waals surface area contributed by atoms with Crippen molar-refractivity contribution in [1.29, 1.82) is 0 Å². The molecule has 0 aliphatic rings. The van der Waals surface area contributed by atoms with Crippen molar-refractivity contribution in [2.45, 2.75) is 0 Å². The number of carbonyl (C=O) groups is 2. The number of nitro benzene ring substituents is 4. The monoisotopic (exact) mass is 527 g/mol. The molecule has 0 heterocycles. The summed E-state index contributed by atoms with van der Waals surface area (Å²) in [5.74, 6) is -2.53. The van der Waals surface area contributed by atoms with Crippen LogP contribution < -0.4 is 11.1 Å². The minimum Gasteiger partial charge on any atom is -0.329 e. The quantitative estimate of drug-likeness (QED) is 0.183. The number of hydrogen-bond acceptors (Lipinski definition) is 12. The summed E-state index contributed by atoms with van der Waals surface area (Å²) in [6.07, 6.45) is 0. The van der Waals surface area contributed by atoms with Gasteiger partial charge >= 0.3 is 0 Å². The highest BCUT2D eigenvalue weighted by Gasteiger charge is 2.34. The average molecular weight is 528 g/mol. The van der Waals surface area contributed by atoms with Gasteiger partial charge in [0.05, 0.1) is 31.8 Å². The Morgan fingerprint density at radius 1 is 0.750 bits per heavy atom. The fourth-order valence-electron chi connectivity index (χ4n) is 2.94. The second-order valence-corrected chi connectivity index (χ2v) is 6.73. The van der Waals surface area contributed by atoms with Gasteiger partial charge in [-0.15, -0.1) is 12.4 Å². The molecule has 0 aromatic heterocycles. The third kappa shape index (κ3) is 6.72. The number of non-ortho nitro benzene ring substituents is 2. The molecule has 0 fully saturated rings. The lowest BCUT2D eigenvalue weighted by Crippen LogP contribution is -2.42. The topological polar surface area (TPSA) is 248 Å². The Morgan fingerprint density at radius 3 is 1.50 bits per heavy atom. The van der Waals surface area contributed by atoms with Gasteiger partial charge in [0.25, 0.3) is 34.6 Å². The van der Waals surface area contributed by atoms with Crippen LogP contribution in [0.25, 0.3) is 0 Å². The summed E-state index contributed by atoms with van der Waals surface area (Å²) >= 11 is 0.